The predicted molar refractivity (Wildman–Crippen MR) is 66.3 cm³/mol. The van der Waals surface area contributed by atoms with Crippen molar-refractivity contribution in [2.24, 2.45) is 0 Å². The third kappa shape index (κ3) is 2.64. The van der Waals surface area contributed by atoms with E-state index in [0.717, 1.165) is 17.8 Å². The monoisotopic (exact) mass is 232 g/mol. The van der Waals surface area contributed by atoms with Gasteiger partial charge >= 0.3 is 0 Å². The third-order valence-electron chi connectivity index (χ3n) is 2.94. The molecule has 1 aliphatic rings. The smallest absolute Gasteiger partial charge is 0.221 e. The Kier molecular flexibility index (Phi) is 3.42. The Labute approximate surface area is 101 Å². The number of rotatable bonds is 2. The molecule has 2 rings (SSSR count). The number of nitrogens with zero attached hydrogens (tertiary/aromatic N) is 1. The Hall–Kier alpha value is -1.84. The number of anilines is 1. The van der Waals surface area contributed by atoms with E-state index in [1.54, 1.807) is 6.92 Å². The van der Waals surface area contributed by atoms with Crippen molar-refractivity contribution >= 4 is 17.4 Å². The summed E-state index contributed by atoms with van der Waals surface area (Å²) < 4.78 is 0. The molecule has 4 heteroatoms. The van der Waals surface area contributed by atoms with Crippen molar-refractivity contribution in [1.82, 2.24) is 5.32 Å². The topological polar surface area (TPSA) is 49.4 Å². The second-order valence-electron chi connectivity index (χ2n) is 4.16. The maximum absolute atomic E-state index is 11.5. The molecule has 0 spiro atoms. The molecule has 0 atom stereocenters. The molecular weight excluding hydrogens is 216 g/mol. The van der Waals surface area contributed by atoms with Gasteiger partial charge in [0.2, 0.25) is 5.91 Å². The third-order valence-corrected chi connectivity index (χ3v) is 2.94. The number of carbonyl (C=O) groups is 2. The summed E-state index contributed by atoms with van der Waals surface area (Å²) in [5.41, 5.74) is 1.65. The van der Waals surface area contributed by atoms with Crippen LogP contribution in [0, 0.1) is 0 Å². The summed E-state index contributed by atoms with van der Waals surface area (Å²) in [7, 11) is 0. The van der Waals surface area contributed by atoms with E-state index in [1.807, 2.05) is 24.3 Å². The van der Waals surface area contributed by atoms with Gasteiger partial charge in [-0.3, -0.25) is 9.59 Å². The molecule has 0 aliphatic carbocycles. The van der Waals surface area contributed by atoms with Gasteiger partial charge in [-0.25, -0.2) is 0 Å². The molecule has 1 N–H and O–H groups in total. The highest BCUT2D eigenvalue weighted by molar-refractivity contribution is 5.99. The van der Waals surface area contributed by atoms with Crippen LogP contribution >= 0.6 is 0 Å². The number of ketones is 1. The van der Waals surface area contributed by atoms with E-state index >= 15 is 0 Å². The standard InChI is InChI=1S/C13H16N2O2/c1-10(16)11-4-2-3-5-12(11)15-8-6-13(17)14-7-9-15/h2-5H,6-9H2,1H3,(H,14,17). The van der Waals surface area contributed by atoms with Crippen LogP contribution in [0.1, 0.15) is 23.7 Å². The van der Waals surface area contributed by atoms with Crippen molar-refractivity contribution in [3.63, 3.8) is 0 Å². The van der Waals surface area contributed by atoms with Gasteiger partial charge in [-0.15, -0.1) is 0 Å². The lowest BCUT2D eigenvalue weighted by molar-refractivity contribution is -0.120. The van der Waals surface area contributed by atoms with Crippen molar-refractivity contribution in [2.45, 2.75) is 13.3 Å². The van der Waals surface area contributed by atoms with E-state index in [4.69, 9.17) is 0 Å². The molecule has 4 nitrogen and oxygen atoms in total. The van der Waals surface area contributed by atoms with Crippen molar-refractivity contribution in [3.05, 3.63) is 29.8 Å². The number of amides is 1. The van der Waals surface area contributed by atoms with Gasteiger partial charge in [0.05, 0.1) is 0 Å². The van der Waals surface area contributed by atoms with Crippen LogP contribution < -0.4 is 10.2 Å². The Morgan fingerprint density at radius 3 is 2.82 bits per heavy atom. The number of Topliss-reactive ketones (excluding diaryl/α,β-unsaturated/α-hetero) is 1. The largest absolute Gasteiger partial charge is 0.369 e. The van der Waals surface area contributed by atoms with E-state index in [0.29, 0.717) is 19.5 Å². The first kappa shape index (κ1) is 11.6. The number of hydrogen-bond donors (Lipinski definition) is 1. The number of hydrogen-bond acceptors (Lipinski definition) is 3. The van der Waals surface area contributed by atoms with Gasteiger partial charge in [-0.05, 0) is 19.1 Å². The minimum atomic E-state index is 0.0594. The lowest BCUT2D eigenvalue weighted by Crippen LogP contribution is -2.29. The predicted octanol–water partition coefficient (Wildman–Crippen LogP) is 1.22. The van der Waals surface area contributed by atoms with Gasteiger partial charge in [0.1, 0.15) is 0 Å². The van der Waals surface area contributed by atoms with Crippen LogP contribution in [0.5, 0.6) is 0 Å². The quantitative estimate of drug-likeness (QED) is 0.780. The van der Waals surface area contributed by atoms with Crippen LogP contribution in [0.25, 0.3) is 0 Å². The molecule has 0 saturated carbocycles. The van der Waals surface area contributed by atoms with E-state index in [1.165, 1.54) is 0 Å². The average molecular weight is 232 g/mol. The molecule has 0 bridgehead atoms. The first-order chi connectivity index (χ1) is 8.18. The molecule has 1 fully saturated rings. The maximum Gasteiger partial charge on any atom is 0.221 e. The molecule has 0 radical (unpaired) electrons. The van der Waals surface area contributed by atoms with Crippen molar-refractivity contribution in [2.75, 3.05) is 24.5 Å². The van der Waals surface area contributed by atoms with Crippen LogP contribution in [0.4, 0.5) is 5.69 Å². The lowest BCUT2D eigenvalue weighted by atomic mass is 10.1. The molecule has 1 heterocycles. The zero-order valence-electron chi connectivity index (χ0n) is 9.90. The van der Waals surface area contributed by atoms with E-state index in [9.17, 15) is 9.59 Å². The Bertz CT molecular complexity index is 443. The Balaban J connectivity index is 2.26. The number of benzene rings is 1. The second kappa shape index (κ2) is 4.99. The fourth-order valence-electron chi connectivity index (χ4n) is 2.05. The summed E-state index contributed by atoms with van der Waals surface area (Å²) in [6.07, 6.45) is 0.478. The number of nitrogens with one attached hydrogen (secondary N) is 1. The van der Waals surface area contributed by atoms with Gasteiger partial charge in [0, 0.05) is 37.3 Å². The minimum absolute atomic E-state index is 0.0594. The number of carbonyl (C=O) groups excluding carboxylic acids is 2. The number of para-hydroxylation sites is 1. The summed E-state index contributed by atoms with van der Waals surface area (Å²) in [5, 5.41) is 2.83. The summed E-state index contributed by atoms with van der Waals surface area (Å²) in [6, 6.07) is 7.55. The zero-order chi connectivity index (χ0) is 12.3. The SMILES string of the molecule is CC(=O)c1ccccc1N1CCNC(=O)CC1. The second-order valence-corrected chi connectivity index (χ2v) is 4.16. The molecule has 1 saturated heterocycles. The summed E-state index contributed by atoms with van der Waals surface area (Å²) in [6.45, 7) is 3.61. The molecule has 1 amide bonds. The first-order valence-corrected chi connectivity index (χ1v) is 5.80. The van der Waals surface area contributed by atoms with Crippen LogP contribution in [0.3, 0.4) is 0 Å². The fourth-order valence-corrected chi connectivity index (χ4v) is 2.05. The van der Waals surface area contributed by atoms with Gasteiger partial charge in [0.15, 0.2) is 5.78 Å². The molecular formula is C13H16N2O2. The van der Waals surface area contributed by atoms with E-state index in [2.05, 4.69) is 10.2 Å². The molecule has 0 aromatic heterocycles. The first-order valence-electron chi connectivity index (χ1n) is 5.80. The van der Waals surface area contributed by atoms with E-state index < -0.39 is 0 Å². The zero-order valence-corrected chi connectivity index (χ0v) is 9.90. The molecule has 0 unspecified atom stereocenters. The average Bonchev–Trinajstić information content (AvgIpc) is 2.54. The molecule has 90 valence electrons. The van der Waals surface area contributed by atoms with Crippen molar-refractivity contribution in [1.29, 1.82) is 0 Å². The van der Waals surface area contributed by atoms with Crippen LogP contribution in [0.15, 0.2) is 24.3 Å². The normalized spacial score (nSPS) is 16.3. The lowest BCUT2D eigenvalue weighted by Gasteiger charge is -2.23. The highest BCUT2D eigenvalue weighted by atomic mass is 16.1. The van der Waals surface area contributed by atoms with Crippen molar-refractivity contribution < 1.29 is 9.59 Å². The molecule has 1 aliphatic heterocycles. The van der Waals surface area contributed by atoms with Gasteiger partial charge < -0.3 is 10.2 Å². The van der Waals surface area contributed by atoms with Gasteiger partial charge in [-0.1, -0.05) is 12.1 Å². The fraction of sp³-hybridized carbons (Fsp3) is 0.385. The minimum Gasteiger partial charge on any atom is -0.369 e. The Morgan fingerprint density at radius 1 is 1.29 bits per heavy atom. The Morgan fingerprint density at radius 2 is 2.06 bits per heavy atom. The summed E-state index contributed by atoms with van der Waals surface area (Å²) in [4.78, 5) is 24.9. The highest BCUT2D eigenvalue weighted by Gasteiger charge is 2.17. The van der Waals surface area contributed by atoms with Crippen LogP contribution in [0.2, 0.25) is 0 Å². The summed E-state index contributed by atoms with van der Waals surface area (Å²) in [5.74, 6) is 0.136. The molecule has 1 aromatic carbocycles. The van der Waals surface area contributed by atoms with Crippen LogP contribution in [-0.4, -0.2) is 31.3 Å². The summed E-state index contributed by atoms with van der Waals surface area (Å²) >= 11 is 0. The van der Waals surface area contributed by atoms with Gasteiger partial charge in [0.25, 0.3) is 0 Å². The van der Waals surface area contributed by atoms with Gasteiger partial charge in [-0.2, -0.15) is 0 Å². The molecule has 17 heavy (non-hydrogen) atoms. The van der Waals surface area contributed by atoms with E-state index in [-0.39, 0.29) is 11.7 Å². The molecule has 1 aromatic rings. The van der Waals surface area contributed by atoms with Crippen molar-refractivity contribution in [3.8, 4) is 0 Å². The maximum atomic E-state index is 11.5. The highest BCUT2D eigenvalue weighted by Crippen LogP contribution is 2.21. The van der Waals surface area contributed by atoms with Crippen LogP contribution in [-0.2, 0) is 4.79 Å².